The van der Waals surface area contributed by atoms with Crippen molar-refractivity contribution in [2.24, 2.45) is 0 Å². The molecule has 0 atom stereocenters. The second kappa shape index (κ2) is 5.35. The van der Waals surface area contributed by atoms with Crippen LogP contribution < -0.4 is 0 Å². The highest BCUT2D eigenvalue weighted by Gasteiger charge is 2.29. The number of rotatable bonds is 2. The average molecular weight is 327 g/mol. The monoisotopic (exact) mass is 326 g/mol. The third kappa shape index (κ3) is 2.92. The molecule has 6 heteroatoms. The van der Waals surface area contributed by atoms with E-state index in [0.717, 1.165) is 5.56 Å². The minimum absolute atomic E-state index is 0.154. The van der Waals surface area contributed by atoms with Gasteiger partial charge in [-0.3, -0.25) is 0 Å². The van der Waals surface area contributed by atoms with Gasteiger partial charge in [-0.05, 0) is 24.6 Å². The molecule has 0 radical (unpaired) electrons. The van der Waals surface area contributed by atoms with E-state index in [1.807, 2.05) is 39.8 Å². The van der Waals surface area contributed by atoms with Gasteiger partial charge in [-0.2, -0.15) is 5.10 Å². The molecule has 112 valence electrons. The summed E-state index contributed by atoms with van der Waals surface area (Å²) in [6.45, 7) is 7.75. The average Bonchev–Trinajstić information content (AvgIpc) is 2.70. The molecule has 1 heterocycles. The predicted molar refractivity (Wildman–Crippen MR) is 84.0 cm³/mol. The number of hydrogen-bond acceptors (Lipinski definition) is 2. The molecule has 1 aromatic carbocycles. The zero-order valence-electron chi connectivity index (χ0n) is 12.2. The molecule has 0 aliphatic rings. The summed E-state index contributed by atoms with van der Waals surface area (Å²) in [7, 11) is 0. The molecule has 0 saturated heterocycles. The predicted octanol–water partition coefficient (Wildman–Crippen LogP) is 4.48. The van der Waals surface area contributed by atoms with Crippen LogP contribution in [0.25, 0.3) is 5.69 Å². The van der Waals surface area contributed by atoms with Crippen molar-refractivity contribution < 1.29 is 9.90 Å². The van der Waals surface area contributed by atoms with Gasteiger partial charge in [0.15, 0.2) is 5.69 Å². The number of aromatic carboxylic acids is 1. The fraction of sp³-hybridized carbons (Fsp3) is 0.333. The highest BCUT2D eigenvalue weighted by molar-refractivity contribution is 6.34. The molecule has 0 bridgehead atoms. The molecule has 0 unspecified atom stereocenters. The first kappa shape index (κ1) is 15.9. The van der Waals surface area contributed by atoms with Crippen LogP contribution in [0.5, 0.6) is 0 Å². The van der Waals surface area contributed by atoms with Crippen LogP contribution in [0.3, 0.4) is 0 Å². The molecule has 0 saturated carbocycles. The van der Waals surface area contributed by atoms with E-state index >= 15 is 0 Å². The van der Waals surface area contributed by atoms with Gasteiger partial charge in [0, 0.05) is 10.4 Å². The molecule has 1 N–H and O–H groups in total. The Morgan fingerprint density at radius 1 is 1.29 bits per heavy atom. The van der Waals surface area contributed by atoms with Gasteiger partial charge in [-0.15, -0.1) is 0 Å². The first-order valence-electron chi connectivity index (χ1n) is 6.41. The van der Waals surface area contributed by atoms with Crippen LogP contribution in [0, 0.1) is 6.92 Å². The number of hydrogen-bond donors (Lipinski definition) is 1. The lowest BCUT2D eigenvalue weighted by Crippen LogP contribution is -2.18. The maximum absolute atomic E-state index is 11.3. The van der Waals surface area contributed by atoms with Gasteiger partial charge in [-0.25, -0.2) is 9.48 Å². The summed E-state index contributed by atoms with van der Waals surface area (Å²) in [4.78, 5) is 11.3. The molecular weight excluding hydrogens is 311 g/mol. The third-order valence-corrected chi connectivity index (χ3v) is 3.91. The molecule has 1 aromatic heterocycles. The molecular formula is C15H16Cl2N2O2. The zero-order valence-corrected chi connectivity index (χ0v) is 13.7. The summed E-state index contributed by atoms with van der Waals surface area (Å²) < 4.78 is 1.55. The lowest BCUT2D eigenvalue weighted by atomic mass is 9.91. The quantitative estimate of drug-likeness (QED) is 0.884. The van der Waals surface area contributed by atoms with Gasteiger partial charge in [-0.1, -0.05) is 50.0 Å². The molecule has 2 aromatic rings. The fourth-order valence-corrected chi connectivity index (χ4v) is 2.74. The lowest BCUT2D eigenvalue weighted by molar-refractivity contribution is 0.0690. The van der Waals surface area contributed by atoms with Crippen LogP contribution in [0.2, 0.25) is 10.0 Å². The van der Waals surface area contributed by atoms with Crippen molar-refractivity contribution in [2.75, 3.05) is 0 Å². The van der Waals surface area contributed by atoms with Gasteiger partial charge in [0.1, 0.15) is 0 Å². The normalized spacial score (nSPS) is 11.7. The molecule has 0 amide bonds. The van der Waals surface area contributed by atoms with Crippen molar-refractivity contribution in [1.82, 2.24) is 9.78 Å². The summed E-state index contributed by atoms with van der Waals surface area (Å²) in [5.41, 5.74) is 1.74. The number of aryl methyl sites for hydroxylation is 1. The number of carboxylic acid groups (broad SMARTS) is 1. The fourth-order valence-electron chi connectivity index (χ4n) is 2.08. The van der Waals surface area contributed by atoms with Crippen LogP contribution >= 0.6 is 23.2 Å². The summed E-state index contributed by atoms with van der Waals surface area (Å²) in [6.07, 6.45) is 0. The highest BCUT2D eigenvalue weighted by Crippen LogP contribution is 2.34. The van der Waals surface area contributed by atoms with E-state index in [-0.39, 0.29) is 16.1 Å². The van der Waals surface area contributed by atoms with E-state index in [4.69, 9.17) is 23.2 Å². The summed E-state index contributed by atoms with van der Waals surface area (Å²) in [6, 6.07) is 5.45. The molecule has 0 fully saturated rings. The summed E-state index contributed by atoms with van der Waals surface area (Å²) >= 11 is 12.4. The Bertz CT molecular complexity index is 715. The molecule has 21 heavy (non-hydrogen) atoms. The maximum Gasteiger partial charge on any atom is 0.358 e. The Balaban J connectivity index is 2.75. The topological polar surface area (TPSA) is 55.1 Å². The van der Waals surface area contributed by atoms with E-state index in [2.05, 4.69) is 5.10 Å². The van der Waals surface area contributed by atoms with Crippen LogP contribution in [-0.4, -0.2) is 20.9 Å². The number of benzene rings is 1. The van der Waals surface area contributed by atoms with Crippen molar-refractivity contribution in [2.45, 2.75) is 33.1 Å². The van der Waals surface area contributed by atoms with Crippen molar-refractivity contribution in [1.29, 1.82) is 0 Å². The Morgan fingerprint density at radius 3 is 2.38 bits per heavy atom. The number of carbonyl (C=O) groups is 1. The van der Waals surface area contributed by atoms with Crippen LogP contribution in [0.15, 0.2) is 18.2 Å². The number of carboxylic acids is 1. The first-order valence-corrected chi connectivity index (χ1v) is 7.17. The Morgan fingerprint density at radius 2 is 1.90 bits per heavy atom. The van der Waals surface area contributed by atoms with E-state index < -0.39 is 5.97 Å². The van der Waals surface area contributed by atoms with Crippen molar-refractivity contribution in [3.05, 3.63) is 45.2 Å². The largest absolute Gasteiger partial charge is 0.476 e. The van der Waals surface area contributed by atoms with Crippen LogP contribution in [-0.2, 0) is 5.41 Å². The standard InChI is InChI=1S/C15H16Cl2N2O2/c1-8-5-6-9(7-10(8)16)19-13(15(2,3)4)11(17)12(18-19)14(20)21/h5-7H,1-4H3,(H,20,21). The second-order valence-electron chi connectivity index (χ2n) is 5.91. The van der Waals surface area contributed by atoms with Crippen molar-refractivity contribution in [3.8, 4) is 5.69 Å². The van der Waals surface area contributed by atoms with Gasteiger partial charge < -0.3 is 5.11 Å². The Kier molecular flexibility index (Phi) is 4.04. The van der Waals surface area contributed by atoms with Gasteiger partial charge in [0.25, 0.3) is 0 Å². The molecule has 0 aliphatic heterocycles. The molecule has 2 rings (SSSR count). The number of nitrogens with zero attached hydrogens (tertiary/aromatic N) is 2. The van der Waals surface area contributed by atoms with E-state index in [1.165, 1.54) is 0 Å². The van der Waals surface area contributed by atoms with Crippen molar-refractivity contribution >= 4 is 29.2 Å². The Hall–Kier alpha value is -1.52. The van der Waals surface area contributed by atoms with E-state index in [0.29, 0.717) is 16.4 Å². The maximum atomic E-state index is 11.3. The van der Waals surface area contributed by atoms with Crippen LogP contribution in [0.1, 0.15) is 42.5 Å². The smallest absolute Gasteiger partial charge is 0.358 e. The summed E-state index contributed by atoms with van der Waals surface area (Å²) in [5, 5.41) is 14.1. The number of halogens is 2. The summed E-state index contributed by atoms with van der Waals surface area (Å²) in [5.74, 6) is -1.15. The molecule has 0 aliphatic carbocycles. The van der Waals surface area contributed by atoms with Crippen molar-refractivity contribution in [3.63, 3.8) is 0 Å². The minimum Gasteiger partial charge on any atom is -0.476 e. The van der Waals surface area contributed by atoms with E-state index in [9.17, 15) is 9.90 Å². The SMILES string of the molecule is Cc1ccc(-n2nc(C(=O)O)c(Cl)c2C(C)(C)C)cc1Cl. The zero-order chi connectivity index (χ0) is 15.9. The Labute approximate surface area is 133 Å². The van der Waals surface area contributed by atoms with Crippen LogP contribution in [0.4, 0.5) is 0 Å². The third-order valence-electron chi connectivity index (χ3n) is 3.14. The van der Waals surface area contributed by atoms with Gasteiger partial charge in [0.2, 0.25) is 0 Å². The highest BCUT2D eigenvalue weighted by atomic mass is 35.5. The molecule has 4 nitrogen and oxygen atoms in total. The molecule has 0 spiro atoms. The van der Waals surface area contributed by atoms with Gasteiger partial charge >= 0.3 is 5.97 Å². The van der Waals surface area contributed by atoms with E-state index in [1.54, 1.807) is 10.7 Å². The van der Waals surface area contributed by atoms with Gasteiger partial charge in [0.05, 0.1) is 16.4 Å². The lowest BCUT2D eigenvalue weighted by Gasteiger charge is -2.21. The second-order valence-corrected chi connectivity index (χ2v) is 6.70. The first-order chi connectivity index (χ1) is 9.62. The minimum atomic E-state index is -1.15. The number of aromatic nitrogens is 2.